The van der Waals surface area contributed by atoms with Gasteiger partial charge in [0.05, 0.1) is 5.56 Å². The van der Waals surface area contributed by atoms with Gasteiger partial charge >= 0.3 is 6.61 Å². The number of carbonyl (C=O) groups excluding carboxylic acids is 2. The molecule has 3 N–H and O–H groups in total. The first-order chi connectivity index (χ1) is 16.8. The number of aryl methyl sites for hydroxylation is 1. The highest BCUT2D eigenvalue weighted by Gasteiger charge is 2.30. The summed E-state index contributed by atoms with van der Waals surface area (Å²) in [6, 6.07) is 8.56. The standard InChI is InChI=1S/C23H21F4N5O4/c1-11(28)18(20(33)30-14-6-4-5-13(9-14)23(3,26)27)21(34)31-15-7-8-17(35-22(24)25)16(10-15)19-29-12(2)36-32-19/h4-10,18,22,28H,1-3H3,(H,30,33)(H,31,34). The number of benzene rings is 2. The first-order valence-corrected chi connectivity index (χ1v) is 10.4. The third-order valence-electron chi connectivity index (χ3n) is 4.83. The number of amides is 2. The lowest BCUT2D eigenvalue weighted by molar-refractivity contribution is -0.126. The second-order valence-electron chi connectivity index (χ2n) is 7.79. The summed E-state index contributed by atoms with van der Waals surface area (Å²) in [5.41, 5.74) is -0.612. The van der Waals surface area contributed by atoms with Gasteiger partial charge in [-0.15, -0.1) is 0 Å². The minimum absolute atomic E-state index is 0.0151. The zero-order valence-corrected chi connectivity index (χ0v) is 19.2. The molecular weight excluding hydrogens is 486 g/mol. The summed E-state index contributed by atoms with van der Waals surface area (Å²) in [4.78, 5) is 29.6. The van der Waals surface area contributed by atoms with Crippen molar-refractivity contribution < 1.29 is 36.4 Å². The zero-order chi connectivity index (χ0) is 26.6. The van der Waals surface area contributed by atoms with E-state index < -0.39 is 30.3 Å². The molecule has 0 aliphatic rings. The lowest BCUT2D eigenvalue weighted by Crippen LogP contribution is -2.38. The number of aromatic nitrogens is 2. The highest BCUT2D eigenvalue weighted by molar-refractivity contribution is 6.24. The molecule has 1 atom stereocenters. The number of hydrogen-bond acceptors (Lipinski definition) is 7. The molecule has 0 fully saturated rings. The molecule has 13 heteroatoms. The van der Waals surface area contributed by atoms with Crippen molar-refractivity contribution in [3.8, 4) is 17.1 Å². The molecule has 0 saturated heterocycles. The van der Waals surface area contributed by atoms with Gasteiger partial charge in [0.25, 0.3) is 5.92 Å². The number of hydrogen-bond donors (Lipinski definition) is 3. The quantitative estimate of drug-likeness (QED) is 0.213. The summed E-state index contributed by atoms with van der Waals surface area (Å²) in [6.07, 6.45) is 0. The van der Waals surface area contributed by atoms with Gasteiger partial charge in [0.1, 0.15) is 5.75 Å². The SMILES string of the molecule is CC(=N)C(C(=O)Nc1cccc(C(C)(F)F)c1)C(=O)Nc1ccc(OC(F)F)c(-c2noc(C)n2)c1. The molecule has 0 saturated carbocycles. The number of alkyl halides is 4. The Balaban J connectivity index is 1.84. The molecule has 0 aliphatic heterocycles. The smallest absolute Gasteiger partial charge is 0.387 e. The third kappa shape index (κ3) is 6.43. The van der Waals surface area contributed by atoms with E-state index in [2.05, 4.69) is 25.5 Å². The van der Waals surface area contributed by atoms with Crippen LogP contribution in [0, 0.1) is 18.3 Å². The van der Waals surface area contributed by atoms with E-state index in [0.29, 0.717) is 6.92 Å². The summed E-state index contributed by atoms with van der Waals surface area (Å²) in [7, 11) is 0. The molecule has 1 heterocycles. The number of carbonyl (C=O) groups is 2. The molecule has 3 aromatic rings. The molecular formula is C23H21F4N5O4. The molecule has 2 amide bonds. The van der Waals surface area contributed by atoms with E-state index in [4.69, 9.17) is 9.93 Å². The van der Waals surface area contributed by atoms with Crippen molar-refractivity contribution >= 4 is 28.9 Å². The van der Waals surface area contributed by atoms with E-state index in [1.807, 2.05) is 0 Å². The van der Waals surface area contributed by atoms with Gasteiger partial charge in [0.2, 0.25) is 23.5 Å². The van der Waals surface area contributed by atoms with Crippen molar-refractivity contribution in [1.82, 2.24) is 10.1 Å². The van der Waals surface area contributed by atoms with Crippen molar-refractivity contribution in [3.63, 3.8) is 0 Å². The van der Waals surface area contributed by atoms with Crippen LogP contribution in [0.5, 0.6) is 5.75 Å². The van der Waals surface area contributed by atoms with Crippen LogP contribution in [-0.4, -0.2) is 34.3 Å². The van der Waals surface area contributed by atoms with E-state index in [1.54, 1.807) is 0 Å². The Morgan fingerprint density at radius 3 is 2.25 bits per heavy atom. The average molecular weight is 507 g/mol. The van der Waals surface area contributed by atoms with Crippen molar-refractivity contribution in [2.24, 2.45) is 5.92 Å². The Kier molecular flexibility index (Phi) is 7.71. The Morgan fingerprint density at radius 1 is 1.08 bits per heavy atom. The molecule has 1 aromatic heterocycles. The van der Waals surface area contributed by atoms with Crippen LogP contribution in [0.4, 0.5) is 28.9 Å². The first-order valence-electron chi connectivity index (χ1n) is 10.4. The largest absolute Gasteiger partial charge is 0.434 e. The van der Waals surface area contributed by atoms with Crippen molar-refractivity contribution in [3.05, 3.63) is 53.9 Å². The number of anilines is 2. The maximum absolute atomic E-state index is 13.6. The van der Waals surface area contributed by atoms with E-state index >= 15 is 0 Å². The first kappa shape index (κ1) is 26.3. The lowest BCUT2D eigenvalue weighted by Gasteiger charge is -2.18. The minimum Gasteiger partial charge on any atom is -0.434 e. The van der Waals surface area contributed by atoms with Gasteiger partial charge in [-0.2, -0.15) is 13.8 Å². The number of ether oxygens (including phenoxy) is 1. The molecule has 0 spiro atoms. The third-order valence-corrected chi connectivity index (χ3v) is 4.83. The number of nitrogens with one attached hydrogen (secondary N) is 3. The fourth-order valence-electron chi connectivity index (χ4n) is 3.20. The van der Waals surface area contributed by atoms with Crippen LogP contribution in [0.1, 0.15) is 25.3 Å². The maximum Gasteiger partial charge on any atom is 0.387 e. The highest BCUT2D eigenvalue weighted by Crippen LogP contribution is 2.32. The van der Waals surface area contributed by atoms with E-state index in [9.17, 15) is 27.2 Å². The van der Waals surface area contributed by atoms with Crippen molar-refractivity contribution in [2.45, 2.75) is 33.3 Å². The van der Waals surface area contributed by atoms with Crippen LogP contribution in [0.15, 0.2) is 47.0 Å². The fourth-order valence-corrected chi connectivity index (χ4v) is 3.20. The molecule has 2 aromatic carbocycles. The van der Waals surface area contributed by atoms with Crippen LogP contribution in [0.25, 0.3) is 11.4 Å². The summed E-state index contributed by atoms with van der Waals surface area (Å²) in [5.74, 6) is -6.83. The molecule has 36 heavy (non-hydrogen) atoms. The predicted octanol–water partition coefficient (Wildman–Crippen LogP) is 4.99. The van der Waals surface area contributed by atoms with Crippen LogP contribution < -0.4 is 15.4 Å². The second-order valence-corrected chi connectivity index (χ2v) is 7.79. The van der Waals surface area contributed by atoms with Crippen molar-refractivity contribution in [2.75, 3.05) is 10.6 Å². The lowest BCUT2D eigenvalue weighted by atomic mass is 10.0. The monoisotopic (exact) mass is 507 g/mol. The number of halogens is 4. The van der Waals surface area contributed by atoms with Gasteiger partial charge in [0, 0.05) is 36.5 Å². The Morgan fingerprint density at radius 2 is 1.72 bits per heavy atom. The van der Waals surface area contributed by atoms with Gasteiger partial charge in [-0.25, -0.2) is 8.78 Å². The van der Waals surface area contributed by atoms with E-state index in [1.165, 1.54) is 44.2 Å². The molecule has 3 rings (SSSR count). The van der Waals surface area contributed by atoms with Gasteiger partial charge in [-0.1, -0.05) is 17.3 Å². The summed E-state index contributed by atoms with van der Waals surface area (Å²) < 4.78 is 62.2. The Hall–Kier alpha value is -4.29. The number of rotatable bonds is 9. The summed E-state index contributed by atoms with van der Waals surface area (Å²) >= 11 is 0. The molecule has 0 radical (unpaired) electrons. The fraction of sp³-hybridized carbons (Fsp3) is 0.261. The van der Waals surface area contributed by atoms with E-state index in [0.717, 1.165) is 12.1 Å². The molecule has 9 nitrogen and oxygen atoms in total. The molecule has 190 valence electrons. The van der Waals surface area contributed by atoms with Gasteiger partial charge in [-0.05, 0) is 37.3 Å². The van der Waals surface area contributed by atoms with Crippen LogP contribution >= 0.6 is 0 Å². The zero-order valence-electron chi connectivity index (χ0n) is 19.2. The van der Waals surface area contributed by atoms with Gasteiger partial charge in [0.15, 0.2) is 5.92 Å². The van der Waals surface area contributed by atoms with Crippen LogP contribution in [0.2, 0.25) is 0 Å². The summed E-state index contributed by atoms with van der Waals surface area (Å²) in [5, 5.41) is 16.4. The molecule has 1 unspecified atom stereocenters. The van der Waals surface area contributed by atoms with E-state index in [-0.39, 0.29) is 45.7 Å². The van der Waals surface area contributed by atoms with Gasteiger partial charge in [-0.3, -0.25) is 9.59 Å². The maximum atomic E-state index is 13.6. The molecule has 0 aliphatic carbocycles. The van der Waals surface area contributed by atoms with Gasteiger partial charge < -0.3 is 25.3 Å². The Labute approximate surface area is 202 Å². The Bertz CT molecular complexity index is 1290. The highest BCUT2D eigenvalue weighted by atomic mass is 19.3. The number of nitrogens with zero attached hydrogens (tertiary/aromatic N) is 2. The minimum atomic E-state index is -3.15. The topological polar surface area (TPSA) is 130 Å². The van der Waals surface area contributed by atoms with Crippen LogP contribution in [-0.2, 0) is 15.5 Å². The predicted molar refractivity (Wildman–Crippen MR) is 121 cm³/mol. The second kappa shape index (κ2) is 10.5. The normalized spacial score (nSPS) is 12.2. The summed E-state index contributed by atoms with van der Waals surface area (Å²) in [6.45, 7) is 0.279. The average Bonchev–Trinajstić information content (AvgIpc) is 3.20. The van der Waals surface area contributed by atoms with Crippen LogP contribution in [0.3, 0.4) is 0 Å². The molecule has 0 bridgehead atoms. The van der Waals surface area contributed by atoms with Crippen molar-refractivity contribution in [1.29, 1.82) is 5.41 Å².